The Bertz CT molecular complexity index is 295. The quantitative estimate of drug-likeness (QED) is 0.798. The van der Waals surface area contributed by atoms with Crippen LogP contribution in [0.5, 0.6) is 0 Å². The van der Waals surface area contributed by atoms with Gasteiger partial charge in [-0.2, -0.15) is 0 Å². The van der Waals surface area contributed by atoms with Crippen LogP contribution in [-0.2, 0) is 0 Å². The van der Waals surface area contributed by atoms with Crippen LogP contribution in [0.2, 0.25) is 0 Å². The molecule has 0 aliphatic heterocycles. The number of pyridine rings is 1. The van der Waals surface area contributed by atoms with Crippen molar-refractivity contribution in [1.82, 2.24) is 4.98 Å². The number of rotatable bonds is 3. The van der Waals surface area contributed by atoms with E-state index in [-0.39, 0.29) is 0 Å². The van der Waals surface area contributed by atoms with Crippen molar-refractivity contribution in [1.29, 1.82) is 0 Å². The number of nitrogens with two attached hydrogens (primary N) is 1. The molecule has 0 aliphatic carbocycles. The maximum Gasteiger partial charge on any atom is 0.127 e. The summed E-state index contributed by atoms with van der Waals surface area (Å²) in [5.41, 5.74) is 9.46. The first-order valence-corrected chi connectivity index (χ1v) is 5.29. The average Bonchev–Trinajstić information content (AvgIpc) is 2.01. The maximum absolute atomic E-state index is 5.94. The first-order valence-electron chi connectivity index (χ1n) is 5.29. The van der Waals surface area contributed by atoms with Crippen molar-refractivity contribution in [3.63, 3.8) is 0 Å². The zero-order valence-electron chi connectivity index (χ0n) is 9.59. The molecule has 78 valence electrons. The standard InChI is InChI=1S/C12H20N2/c1-5-6-8(2)11-9(3)7-10(4)14-12(11)13/h7-8H,5-6H2,1-4H3,(H2,13,14). The van der Waals surface area contributed by atoms with E-state index in [4.69, 9.17) is 5.73 Å². The summed E-state index contributed by atoms with van der Waals surface area (Å²) in [4.78, 5) is 4.32. The van der Waals surface area contributed by atoms with Crippen LogP contribution in [-0.4, -0.2) is 4.98 Å². The van der Waals surface area contributed by atoms with Crippen LogP contribution in [0.4, 0.5) is 5.82 Å². The first-order chi connectivity index (χ1) is 6.56. The molecule has 1 atom stereocenters. The van der Waals surface area contributed by atoms with Crippen molar-refractivity contribution in [2.24, 2.45) is 0 Å². The Kier molecular flexibility index (Phi) is 3.50. The Labute approximate surface area is 86.5 Å². The molecule has 1 unspecified atom stereocenters. The van der Waals surface area contributed by atoms with E-state index >= 15 is 0 Å². The maximum atomic E-state index is 5.94. The van der Waals surface area contributed by atoms with Crippen molar-refractivity contribution in [3.05, 3.63) is 22.9 Å². The van der Waals surface area contributed by atoms with E-state index in [9.17, 15) is 0 Å². The third-order valence-electron chi connectivity index (χ3n) is 2.64. The van der Waals surface area contributed by atoms with Crippen molar-refractivity contribution in [2.75, 3.05) is 5.73 Å². The average molecular weight is 192 g/mol. The third-order valence-corrected chi connectivity index (χ3v) is 2.64. The monoisotopic (exact) mass is 192 g/mol. The van der Waals surface area contributed by atoms with Crippen molar-refractivity contribution < 1.29 is 0 Å². The second kappa shape index (κ2) is 4.45. The summed E-state index contributed by atoms with van der Waals surface area (Å²) in [5.74, 6) is 1.23. The fraction of sp³-hybridized carbons (Fsp3) is 0.583. The van der Waals surface area contributed by atoms with Crippen LogP contribution >= 0.6 is 0 Å². The molecule has 1 aromatic heterocycles. The summed E-state index contributed by atoms with van der Waals surface area (Å²) in [6, 6.07) is 2.11. The van der Waals surface area contributed by atoms with Crippen LogP contribution in [0.25, 0.3) is 0 Å². The van der Waals surface area contributed by atoms with Crippen LogP contribution in [0.15, 0.2) is 6.07 Å². The van der Waals surface area contributed by atoms with Gasteiger partial charge in [0.25, 0.3) is 0 Å². The molecule has 2 nitrogen and oxygen atoms in total. The highest BCUT2D eigenvalue weighted by molar-refractivity contribution is 5.47. The first kappa shape index (κ1) is 11.0. The normalized spacial score (nSPS) is 12.9. The molecule has 2 heteroatoms. The molecule has 2 N–H and O–H groups in total. The lowest BCUT2D eigenvalue weighted by molar-refractivity contribution is 0.660. The van der Waals surface area contributed by atoms with Crippen LogP contribution < -0.4 is 5.73 Å². The van der Waals surface area contributed by atoms with Gasteiger partial charge in [-0.25, -0.2) is 4.98 Å². The molecular weight excluding hydrogens is 172 g/mol. The lowest BCUT2D eigenvalue weighted by Gasteiger charge is -2.16. The molecule has 0 aliphatic rings. The Morgan fingerprint density at radius 3 is 2.57 bits per heavy atom. The minimum atomic E-state index is 0.521. The van der Waals surface area contributed by atoms with Crippen LogP contribution in [0, 0.1) is 13.8 Å². The zero-order valence-corrected chi connectivity index (χ0v) is 9.59. The molecule has 1 rings (SSSR count). The SMILES string of the molecule is CCCC(C)c1c(C)cc(C)nc1N. The number of nitrogens with zero attached hydrogens (tertiary/aromatic N) is 1. The second-order valence-electron chi connectivity index (χ2n) is 4.07. The minimum Gasteiger partial charge on any atom is -0.383 e. The van der Waals surface area contributed by atoms with Gasteiger partial charge in [-0.15, -0.1) is 0 Å². The number of aryl methyl sites for hydroxylation is 2. The predicted octanol–water partition coefficient (Wildman–Crippen LogP) is 3.18. The van der Waals surface area contributed by atoms with Crippen molar-refractivity contribution >= 4 is 5.82 Å². The van der Waals surface area contributed by atoms with Crippen LogP contribution in [0.3, 0.4) is 0 Å². The Morgan fingerprint density at radius 2 is 2.07 bits per heavy atom. The molecule has 1 heterocycles. The van der Waals surface area contributed by atoms with E-state index < -0.39 is 0 Å². The molecule has 0 amide bonds. The number of nitrogen functional groups attached to an aromatic ring is 1. The summed E-state index contributed by atoms with van der Waals surface area (Å²) in [5, 5.41) is 0. The van der Waals surface area contributed by atoms with E-state index in [0.717, 1.165) is 5.69 Å². The fourth-order valence-corrected chi connectivity index (χ4v) is 2.09. The number of aromatic nitrogens is 1. The lowest BCUT2D eigenvalue weighted by Crippen LogP contribution is -2.05. The van der Waals surface area contributed by atoms with Crippen molar-refractivity contribution in [2.45, 2.75) is 46.5 Å². The highest BCUT2D eigenvalue weighted by Crippen LogP contribution is 2.28. The van der Waals surface area contributed by atoms with E-state index in [1.807, 2.05) is 6.92 Å². The molecule has 0 radical (unpaired) electrons. The molecule has 14 heavy (non-hydrogen) atoms. The molecule has 1 aromatic rings. The highest BCUT2D eigenvalue weighted by atomic mass is 14.8. The van der Waals surface area contributed by atoms with Gasteiger partial charge in [0.1, 0.15) is 5.82 Å². The van der Waals surface area contributed by atoms with Gasteiger partial charge in [0, 0.05) is 11.3 Å². The van der Waals surface area contributed by atoms with E-state index in [2.05, 4.69) is 31.8 Å². The van der Waals surface area contributed by atoms with Gasteiger partial charge >= 0.3 is 0 Å². The number of hydrogen-bond donors (Lipinski definition) is 1. The summed E-state index contributed by atoms with van der Waals surface area (Å²) >= 11 is 0. The van der Waals surface area contributed by atoms with Gasteiger partial charge < -0.3 is 5.73 Å². The Balaban J connectivity index is 3.07. The number of hydrogen-bond acceptors (Lipinski definition) is 2. The number of anilines is 1. The van der Waals surface area contributed by atoms with Gasteiger partial charge in [-0.05, 0) is 37.8 Å². The molecular formula is C12H20N2. The highest BCUT2D eigenvalue weighted by Gasteiger charge is 2.12. The molecule has 0 fully saturated rings. The van der Waals surface area contributed by atoms with E-state index in [1.54, 1.807) is 0 Å². The van der Waals surface area contributed by atoms with Gasteiger partial charge in [0.15, 0.2) is 0 Å². The summed E-state index contributed by atoms with van der Waals surface area (Å²) < 4.78 is 0. The van der Waals surface area contributed by atoms with E-state index in [1.165, 1.54) is 24.0 Å². The smallest absolute Gasteiger partial charge is 0.127 e. The largest absolute Gasteiger partial charge is 0.383 e. The van der Waals surface area contributed by atoms with Gasteiger partial charge in [0.2, 0.25) is 0 Å². The minimum absolute atomic E-state index is 0.521. The Morgan fingerprint density at radius 1 is 1.43 bits per heavy atom. The van der Waals surface area contributed by atoms with Gasteiger partial charge in [-0.3, -0.25) is 0 Å². The third kappa shape index (κ3) is 2.25. The molecule has 0 saturated heterocycles. The molecule has 0 bridgehead atoms. The summed E-state index contributed by atoms with van der Waals surface area (Å²) in [6.45, 7) is 8.52. The zero-order chi connectivity index (χ0) is 10.7. The fourth-order valence-electron chi connectivity index (χ4n) is 2.09. The van der Waals surface area contributed by atoms with E-state index in [0.29, 0.717) is 11.7 Å². The Hall–Kier alpha value is -1.05. The topological polar surface area (TPSA) is 38.9 Å². The summed E-state index contributed by atoms with van der Waals surface area (Å²) in [6.07, 6.45) is 2.36. The lowest BCUT2D eigenvalue weighted by atomic mass is 9.93. The van der Waals surface area contributed by atoms with Gasteiger partial charge in [-0.1, -0.05) is 20.3 Å². The molecule has 0 saturated carbocycles. The van der Waals surface area contributed by atoms with Gasteiger partial charge in [0.05, 0.1) is 0 Å². The predicted molar refractivity (Wildman–Crippen MR) is 61.4 cm³/mol. The van der Waals surface area contributed by atoms with Crippen LogP contribution in [0.1, 0.15) is 49.4 Å². The molecule has 0 aromatic carbocycles. The second-order valence-corrected chi connectivity index (χ2v) is 4.07. The molecule has 0 spiro atoms. The van der Waals surface area contributed by atoms with Crippen molar-refractivity contribution in [3.8, 4) is 0 Å². The summed E-state index contributed by atoms with van der Waals surface area (Å²) in [7, 11) is 0.